The minimum Gasteiger partial charge on any atom is -0.0654 e. The van der Waals surface area contributed by atoms with Gasteiger partial charge in [-0.2, -0.15) is 0 Å². The van der Waals surface area contributed by atoms with Gasteiger partial charge in [-0.3, -0.25) is 0 Å². The van der Waals surface area contributed by atoms with Gasteiger partial charge in [0, 0.05) is 0 Å². The summed E-state index contributed by atoms with van der Waals surface area (Å²) in [6.45, 7) is 11.9. The summed E-state index contributed by atoms with van der Waals surface area (Å²) in [5, 5.41) is 0. The summed E-state index contributed by atoms with van der Waals surface area (Å²) in [4.78, 5) is 0. The summed E-state index contributed by atoms with van der Waals surface area (Å²) in [7, 11) is 0. The third-order valence-electron chi connectivity index (χ3n) is 4.37. The molecule has 98 valence electrons. The van der Waals surface area contributed by atoms with E-state index in [1.807, 2.05) is 0 Å². The number of rotatable bonds is 10. The molecule has 0 aliphatic heterocycles. The van der Waals surface area contributed by atoms with E-state index in [1.165, 1.54) is 57.8 Å². The Morgan fingerprint density at radius 2 is 1.31 bits per heavy atom. The molecule has 0 aromatic heterocycles. The van der Waals surface area contributed by atoms with E-state index in [2.05, 4.69) is 34.6 Å². The molecule has 0 amide bonds. The molecule has 0 bridgehead atoms. The SMILES string of the molecule is CCCCCCCCCC(C)(C)C(C)CC. The average molecular weight is 226 g/mol. The van der Waals surface area contributed by atoms with Crippen molar-refractivity contribution in [3.8, 4) is 0 Å². The van der Waals surface area contributed by atoms with E-state index in [0.717, 1.165) is 5.92 Å². The molecule has 0 radical (unpaired) electrons. The summed E-state index contributed by atoms with van der Waals surface area (Å²) >= 11 is 0. The maximum Gasteiger partial charge on any atom is -0.0329 e. The first-order chi connectivity index (χ1) is 7.54. The predicted molar refractivity (Wildman–Crippen MR) is 75.8 cm³/mol. The van der Waals surface area contributed by atoms with E-state index >= 15 is 0 Å². The Labute approximate surface area is 104 Å². The molecule has 0 heterocycles. The first-order valence-electron chi connectivity index (χ1n) is 7.54. The highest BCUT2D eigenvalue weighted by molar-refractivity contribution is 4.74. The summed E-state index contributed by atoms with van der Waals surface area (Å²) in [5.74, 6) is 0.868. The van der Waals surface area contributed by atoms with Crippen LogP contribution in [0.5, 0.6) is 0 Å². The van der Waals surface area contributed by atoms with Crippen molar-refractivity contribution in [2.45, 2.75) is 92.4 Å². The smallest absolute Gasteiger partial charge is 0.0329 e. The number of hydrogen-bond donors (Lipinski definition) is 0. The van der Waals surface area contributed by atoms with E-state index in [1.54, 1.807) is 0 Å². The Bertz CT molecular complexity index is 146. The molecule has 0 saturated heterocycles. The zero-order valence-corrected chi connectivity index (χ0v) is 12.4. The quantitative estimate of drug-likeness (QED) is 0.389. The molecule has 0 spiro atoms. The molecule has 0 N–H and O–H groups in total. The van der Waals surface area contributed by atoms with Crippen LogP contribution in [-0.2, 0) is 0 Å². The van der Waals surface area contributed by atoms with Gasteiger partial charge in [0.25, 0.3) is 0 Å². The Balaban J connectivity index is 3.43. The van der Waals surface area contributed by atoms with Crippen LogP contribution in [0.25, 0.3) is 0 Å². The van der Waals surface area contributed by atoms with Crippen molar-refractivity contribution in [1.29, 1.82) is 0 Å². The average Bonchev–Trinajstić information content (AvgIpc) is 2.26. The van der Waals surface area contributed by atoms with Crippen molar-refractivity contribution in [2.75, 3.05) is 0 Å². The van der Waals surface area contributed by atoms with E-state index < -0.39 is 0 Å². The lowest BCUT2D eigenvalue weighted by atomic mass is 9.75. The van der Waals surface area contributed by atoms with Crippen LogP contribution in [0.3, 0.4) is 0 Å². The molecule has 0 fully saturated rings. The van der Waals surface area contributed by atoms with Gasteiger partial charge in [0.15, 0.2) is 0 Å². The van der Waals surface area contributed by atoms with E-state index in [0.29, 0.717) is 5.41 Å². The predicted octanol–water partition coefficient (Wildman–Crippen LogP) is 6.20. The molecule has 0 rings (SSSR count). The van der Waals surface area contributed by atoms with Crippen LogP contribution in [-0.4, -0.2) is 0 Å². The molecule has 16 heavy (non-hydrogen) atoms. The van der Waals surface area contributed by atoms with Gasteiger partial charge in [0.05, 0.1) is 0 Å². The molecule has 0 aliphatic rings. The Morgan fingerprint density at radius 3 is 1.81 bits per heavy atom. The van der Waals surface area contributed by atoms with Gasteiger partial charge in [0.2, 0.25) is 0 Å². The molecule has 0 saturated carbocycles. The van der Waals surface area contributed by atoms with Crippen molar-refractivity contribution in [3.63, 3.8) is 0 Å². The fourth-order valence-electron chi connectivity index (χ4n) is 2.34. The molecule has 1 atom stereocenters. The largest absolute Gasteiger partial charge is 0.0654 e. The minimum atomic E-state index is 0.554. The molecule has 0 aromatic rings. The monoisotopic (exact) mass is 226 g/mol. The fourth-order valence-corrected chi connectivity index (χ4v) is 2.34. The van der Waals surface area contributed by atoms with Gasteiger partial charge in [-0.25, -0.2) is 0 Å². The summed E-state index contributed by atoms with van der Waals surface area (Å²) in [6.07, 6.45) is 12.8. The molecular weight excluding hydrogens is 192 g/mol. The number of unbranched alkanes of at least 4 members (excludes halogenated alkanes) is 6. The molecule has 1 unspecified atom stereocenters. The lowest BCUT2D eigenvalue weighted by Crippen LogP contribution is -2.20. The molecule has 0 heteroatoms. The summed E-state index contributed by atoms with van der Waals surface area (Å²) in [5.41, 5.74) is 0.554. The van der Waals surface area contributed by atoms with Crippen molar-refractivity contribution in [3.05, 3.63) is 0 Å². The Kier molecular flexibility index (Phi) is 9.07. The van der Waals surface area contributed by atoms with E-state index in [9.17, 15) is 0 Å². The second-order valence-electron chi connectivity index (χ2n) is 6.17. The van der Waals surface area contributed by atoms with Crippen molar-refractivity contribution in [1.82, 2.24) is 0 Å². The van der Waals surface area contributed by atoms with Gasteiger partial charge in [0.1, 0.15) is 0 Å². The highest BCUT2D eigenvalue weighted by Crippen LogP contribution is 2.34. The van der Waals surface area contributed by atoms with E-state index in [4.69, 9.17) is 0 Å². The molecule has 0 aliphatic carbocycles. The van der Waals surface area contributed by atoms with Crippen LogP contribution in [0.15, 0.2) is 0 Å². The second-order valence-corrected chi connectivity index (χ2v) is 6.17. The third-order valence-corrected chi connectivity index (χ3v) is 4.37. The molecular formula is C16H34. The van der Waals surface area contributed by atoms with Crippen molar-refractivity contribution >= 4 is 0 Å². The molecule has 0 nitrogen and oxygen atoms in total. The van der Waals surface area contributed by atoms with Gasteiger partial charge in [-0.15, -0.1) is 0 Å². The topological polar surface area (TPSA) is 0 Å². The van der Waals surface area contributed by atoms with Gasteiger partial charge < -0.3 is 0 Å². The van der Waals surface area contributed by atoms with Gasteiger partial charge in [-0.05, 0) is 17.8 Å². The van der Waals surface area contributed by atoms with Crippen LogP contribution in [0.1, 0.15) is 92.4 Å². The Hall–Kier alpha value is 0. The third kappa shape index (κ3) is 7.30. The first-order valence-corrected chi connectivity index (χ1v) is 7.54. The minimum absolute atomic E-state index is 0.554. The summed E-state index contributed by atoms with van der Waals surface area (Å²) < 4.78 is 0. The number of hydrogen-bond acceptors (Lipinski definition) is 0. The normalized spacial score (nSPS) is 14.1. The lowest BCUT2D eigenvalue weighted by molar-refractivity contribution is 0.199. The highest BCUT2D eigenvalue weighted by Gasteiger charge is 2.23. The Morgan fingerprint density at radius 1 is 0.812 bits per heavy atom. The van der Waals surface area contributed by atoms with Crippen LogP contribution in [0.2, 0.25) is 0 Å². The second kappa shape index (κ2) is 9.07. The molecule has 0 aromatic carbocycles. The maximum atomic E-state index is 2.44. The standard InChI is InChI=1S/C16H34/c1-6-8-9-10-11-12-13-14-16(4,5)15(3)7-2/h15H,6-14H2,1-5H3. The van der Waals surface area contributed by atoms with Gasteiger partial charge >= 0.3 is 0 Å². The lowest BCUT2D eigenvalue weighted by Gasteiger charge is -2.31. The highest BCUT2D eigenvalue weighted by atomic mass is 14.3. The van der Waals surface area contributed by atoms with Crippen LogP contribution >= 0.6 is 0 Å². The van der Waals surface area contributed by atoms with Crippen molar-refractivity contribution in [2.24, 2.45) is 11.3 Å². The zero-order chi connectivity index (χ0) is 12.4. The van der Waals surface area contributed by atoms with Crippen LogP contribution < -0.4 is 0 Å². The summed E-state index contributed by atoms with van der Waals surface area (Å²) in [6, 6.07) is 0. The van der Waals surface area contributed by atoms with Crippen molar-refractivity contribution < 1.29 is 0 Å². The van der Waals surface area contributed by atoms with Crippen LogP contribution in [0.4, 0.5) is 0 Å². The van der Waals surface area contributed by atoms with E-state index in [-0.39, 0.29) is 0 Å². The first kappa shape index (κ1) is 16.0. The fraction of sp³-hybridized carbons (Fsp3) is 1.00. The van der Waals surface area contributed by atoms with Gasteiger partial charge in [-0.1, -0.05) is 86.0 Å². The van der Waals surface area contributed by atoms with Crippen LogP contribution in [0, 0.1) is 11.3 Å². The zero-order valence-electron chi connectivity index (χ0n) is 12.4. The maximum absolute atomic E-state index is 2.44.